The topological polar surface area (TPSA) is 59.1 Å². The number of carbonyl (C=O) groups is 2. The van der Waals surface area contributed by atoms with Crippen LogP contribution < -0.4 is 0 Å². The fourth-order valence-electron chi connectivity index (χ4n) is 7.75. The van der Waals surface area contributed by atoms with Gasteiger partial charge in [0.05, 0.1) is 0 Å². The van der Waals surface area contributed by atoms with Gasteiger partial charge in [-0.25, -0.2) is 0 Å². The van der Waals surface area contributed by atoms with Gasteiger partial charge in [0, 0.05) is 38.4 Å². The Hall–Kier alpha value is -1.14. The van der Waals surface area contributed by atoms with E-state index in [1.165, 1.54) is 77.0 Å². The molecule has 0 heterocycles. The third-order valence-corrected chi connectivity index (χ3v) is 9.65. The highest BCUT2D eigenvalue weighted by Crippen LogP contribution is 2.34. The molecule has 0 saturated heterocycles. The van der Waals surface area contributed by atoms with Crippen LogP contribution in [0.5, 0.6) is 0 Å². The SMILES string of the molecule is COC(C(=O)N(C1CCCCC1)C1CCCCC1)C(OC)C(=O)N(C1CCCCC1)C1CCCCC1. The van der Waals surface area contributed by atoms with Crippen molar-refractivity contribution in [2.45, 2.75) is 165 Å². The van der Waals surface area contributed by atoms with Crippen LogP contribution in [0.3, 0.4) is 0 Å². The molecule has 0 aromatic heterocycles. The standard InChI is InChI=1S/C30H52N2O4/c1-35-27(29(33)31(23-15-7-3-8-16-23)24-17-9-4-10-18-24)28(36-2)30(34)32(25-19-11-5-12-20-25)26-21-13-6-14-22-26/h23-28H,3-22H2,1-2H3. The van der Waals surface area contributed by atoms with Crippen LogP contribution in [0.15, 0.2) is 0 Å². The Morgan fingerprint density at radius 3 is 0.889 bits per heavy atom. The lowest BCUT2D eigenvalue weighted by molar-refractivity contribution is -0.171. The first-order valence-corrected chi connectivity index (χ1v) is 15.4. The molecule has 0 aromatic carbocycles. The predicted molar refractivity (Wildman–Crippen MR) is 143 cm³/mol. The zero-order chi connectivity index (χ0) is 25.3. The molecule has 4 rings (SSSR count). The van der Waals surface area contributed by atoms with Crippen LogP contribution in [0, 0.1) is 0 Å². The number of ether oxygens (including phenoxy) is 2. The minimum atomic E-state index is -0.874. The Balaban J connectivity index is 1.57. The Labute approximate surface area is 219 Å². The minimum Gasteiger partial charge on any atom is -0.368 e. The Morgan fingerprint density at radius 2 is 0.694 bits per heavy atom. The van der Waals surface area contributed by atoms with Crippen molar-refractivity contribution in [3.8, 4) is 0 Å². The van der Waals surface area contributed by atoms with Gasteiger partial charge in [0.1, 0.15) is 0 Å². The predicted octanol–water partition coefficient (Wildman–Crippen LogP) is 6.00. The van der Waals surface area contributed by atoms with Crippen LogP contribution in [-0.4, -0.2) is 72.2 Å². The highest BCUT2D eigenvalue weighted by atomic mass is 16.5. The van der Waals surface area contributed by atoms with E-state index in [1.807, 2.05) is 0 Å². The fraction of sp³-hybridized carbons (Fsp3) is 0.933. The van der Waals surface area contributed by atoms with Gasteiger partial charge in [-0.05, 0) is 51.4 Å². The second-order valence-electron chi connectivity index (χ2n) is 12.0. The molecule has 2 atom stereocenters. The zero-order valence-corrected chi connectivity index (χ0v) is 23.1. The number of rotatable bonds is 9. The second kappa shape index (κ2) is 14.1. The Kier molecular flexibility index (Phi) is 10.9. The minimum absolute atomic E-state index is 0.0104. The summed E-state index contributed by atoms with van der Waals surface area (Å²) in [6.45, 7) is 0. The van der Waals surface area contributed by atoms with E-state index < -0.39 is 12.2 Å². The van der Waals surface area contributed by atoms with E-state index in [9.17, 15) is 9.59 Å². The van der Waals surface area contributed by atoms with E-state index >= 15 is 0 Å². The molecule has 6 nitrogen and oxygen atoms in total. The summed E-state index contributed by atoms with van der Waals surface area (Å²) >= 11 is 0. The van der Waals surface area contributed by atoms with Crippen LogP contribution in [0.1, 0.15) is 128 Å². The maximum Gasteiger partial charge on any atom is 0.255 e. The fourth-order valence-corrected chi connectivity index (χ4v) is 7.75. The first-order valence-electron chi connectivity index (χ1n) is 15.4. The molecule has 4 aliphatic rings. The van der Waals surface area contributed by atoms with Gasteiger partial charge in [0.2, 0.25) is 0 Å². The van der Waals surface area contributed by atoms with E-state index in [-0.39, 0.29) is 36.0 Å². The molecule has 6 heteroatoms. The summed E-state index contributed by atoms with van der Waals surface area (Å²) in [6, 6.07) is 1.08. The number of nitrogens with zero attached hydrogens (tertiary/aromatic N) is 2. The first kappa shape index (κ1) is 27.9. The molecule has 0 aliphatic heterocycles. The normalized spacial score (nSPS) is 25.3. The third-order valence-electron chi connectivity index (χ3n) is 9.65. The molecule has 4 aliphatic carbocycles. The number of methoxy groups -OCH3 is 2. The van der Waals surface area contributed by atoms with E-state index in [0.717, 1.165) is 51.4 Å². The zero-order valence-electron chi connectivity index (χ0n) is 23.1. The molecule has 0 radical (unpaired) electrons. The molecular weight excluding hydrogens is 452 g/mol. The summed E-state index contributed by atoms with van der Waals surface area (Å²) in [5.41, 5.74) is 0. The summed E-state index contributed by atoms with van der Waals surface area (Å²) < 4.78 is 11.8. The van der Waals surface area contributed by atoms with Crippen LogP contribution >= 0.6 is 0 Å². The summed E-state index contributed by atoms with van der Waals surface area (Å²) in [5.74, 6) is -0.0209. The quantitative estimate of drug-likeness (QED) is 0.386. The van der Waals surface area contributed by atoms with E-state index in [0.29, 0.717) is 0 Å². The number of hydrogen-bond acceptors (Lipinski definition) is 4. The second-order valence-corrected chi connectivity index (χ2v) is 12.0. The van der Waals surface area contributed by atoms with Gasteiger partial charge < -0.3 is 19.3 Å². The Morgan fingerprint density at radius 1 is 0.472 bits per heavy atom. The van der Waals surface area contributed by atoms with Crippen molar-refractivity contribution in [1.29, 1.82) is 0 Å². The first-order chi connectivity index (χ1) is 17.7. The van der Waals surface area contributed by atoms with Gasteiger partial charge in [0.15, 0.2) is 12.2 Å². The molecular formula is C30H52N2O4. The summed E-state index contributed by atoms with van der Waals surface area (Å²) in [6.07, 6.45) is 21.3. The molecule has 0 bridgehead atoms. The van der Waals surface area contributed by atoms with Crippen molar-refractivity contribution < 1.29 is 19.1 Å². The highest BCUT2D eigenvalue weighted by molar-refractivity contribution is 5.91. The van der Waals surface area contributed by atoms with Crippen LogP contribution in [0.25, 0.3) is 0 Å². The summed E-state index contributed by atoms with van der Waals surface area (Å²) in [5, 5.41) is 0. The van der Waals surface area contributed by atoms with Gasteiger partial charge >= 0.3 is 0 Å². The molecule has 4 saturated carbocycles. The van der Waals surface area contributed by atoms with E-state index in [1.54, 1.807) is 14.2 Å². The third kappa shape index (κ3) is 6.64. The lowest BCUT2D eigenvalue weighted by Gasteiger charge is -2.45. The van der Waals surface area contributed by atoms with Crippen molar-refractivity contribution >= 4 is 11.8 Å². The van der Waals surface area contributed by atoms with Crippen molar-refractivity contribution in [2.24, 2.45) is 0 Å². The number of carbonyl (C=O) groups excluding carboxylic acids is 2. The average Bonchev–Trinajstić information content (AvgIpc) is 2.94. The van der Waals surface area contributed by atoms with Crippen molar-refractivity contribution in [3.05, 3.63) is 0 Å². The lowest BCUT2D eigenvalue weighted by Crippen LogP contribution is -2.60. The highest BCUT2D eigenvalue weighted by Gasteiger charge is 2.45. The number of hydrogen-bond donors (Lipinski definition) is 0. The van der Waals surface area contributed by atoms with Crippen molar-refractivity contribution in [1.82, 2.24) is 9.80 Å². The molecule has 2 amide bonds. The van der Waals surface area contributed by atoms with Gasteiger partial charge in [0.25, 0.3) is 11.8 Å². The van der Waals surface area contributed by atoms with Gasteiger partial charge in [-0.2, -0.15) is 0 Å². The van der Waals surface area contributed by atoms with Crippen LogP contribution in [-0.2, 0) is 19.1 Å². The summed E-state index contributed by atoms with van der Waals surface area (Å²) in [7, 11) is 3.18. The Bertz CT molecular complexity index is 582. The largest absolute Gasteiger partial charge is 0.368 e. The maximum absolute atomic E-state index is 14.3. The molecule has 206 valence electrons. The smallest absolute Gasteiger partial charge is 0.255 e. The van der Waals surface area contributed by atoms with Gasteiger partial charge in [-0.1, -0.05) is 77.0 Å². The van der Waals surface area contributed by atoms with Crippen LogP contribution in [0.2, 0.25) is 0 Å². The molecule has 36 heavy (non-hydrogen) atoms. The van der Waals surface area contributed by atoms with Crippen molar-refractivity contribution in [3.63, 3.8) is 0 Å². The number of amides is 2. The van der Waals surface area contributed by atoms with Crippen molar-refractivity contribution in [2.75, 3.05) is 14.2 Å². The van der Waals surface area contributed by atoms with Crippen LogP contribution in [0.4, 0.5) is 0 Å². The van der Waals surface area contributed by atoms with E-state index in [2.05, 4.69) is 9.80 Å². The monoisotopic (exact) mass is 504 g/mol. The van der Waals surface area contributed by atoms with Gasteiger partial charge in [-0.3, -0.25) is 9.59 Å². The maximum atomic E-state index is 14.3. The molecule has 0 spiro atoms. The average molecular weight is 505 g/mol. The molecule has 2 unspecified atom stereocenters. The van der Waals surface area contributed by atoms with E-state index in [4.69, 9.17) is 9.47 Å². The van der Waals surface area contributed by atoms with Gasteiger partial charge in [-0.15, -0.1) is 0 Å². The summed E-state index contributed by atoms with van der Waals surface area (Å²) in [4.78, 5) is 33.0. The lowest BCUT2D eigenvalue weighted by atomic mass is 9.87. The molecule has 0 aromatic rings. The molecule has 0 N–H and O–H groups in total. The molecule has 4 fully saturated rings.